The lowest BCUT2D eigenvalue weighted by Gasteiger charge is -2.11. The van der Waals surface area contributed by atoms with Gasteiger partial charge in [0.05, 0.1) is 19.2 Å². The van der Waals surface area contributed by atoms with Gasteiger partial charge >= 0.3 is 0 Å². The number of benzene rings is 1. The molecule has 90 valence electrons. The number of ether oxygens (including phenoxy) is 1. The van der Waals surface area contributed by atoms with Crippen molar-refractivity contribution < 1.29 is 9.15 Å². The van der Waals surface area contributed by atoms with Gasteiger partial charge in [-0.2, -0.15) is 0 Å². The van der Waals surface area contributed by atoms with Crippen molar-refractivity contribution in [3.8, 4) is 17.1 Å². The van der Waals surface area contributed by atoms with Gasteiger partial charge in [-0.3, -0.25) is 0 Å². The van der Waals surface area contributed by atoms with Crippen LogP contribution >= 0.6 is 0 Å². The van der Waals surface area contributed by atoms with Crippen molar-refractivity contribution in [2.24, 2.45) is 5.73 Å². The molecule has 0 atom stereocenters. The van der Waals surface area contributed by atoms with E-state index in [4.69, 9.17) is 14.9 Å². The first-order chi connectivity index (χ1) is 8.17. The lowest BCUT2D eigenvalue weighted by molar-refractivity contribution is 0.410. The van der Waals surface area contributed by atoms with E-state index in [-0.39, 0.29) is 0 Å². The second-order valence-corrected chi connectivity index (χ2v) is 4.06. The van der Waals surface area contributed by atoms with Crippen LogP contribution in [0.25, 0.3) is 11.3 Å². The van der Waals surface area contributed by atoms with Crippen molar-refractivity contribution >= 4 is 0 Å². The van der Waals surface area contributed by atoms with Gasteiger partial charge in [0.25, 0.3) is 0 Å². The van der Waals surface area contributed by atoms with Gasteiger partial charge in [0.15, 0.2) is 0 Å². The van der Waals surface area contributed by atoms with Crippen molar-refractivity contribution in [1.29, 1.82) is 0 Å². The molecular formula is C14H17NO2. The minimum absolute atomic E-state index is 0.410. The van der Waals surface area contributed by atoms with Gasteiger partial charge in [-0.25, -0.2) is 0 Å². The number of hydrogen-bond acceptors (Lipinski definition) is 3. The molecule has 17 heavy (non-hydrogen) atoms. The standard InChI is InChI=1S/C14H17NO2/c1-9-4-6-12(14(16-3)10(9)2)13-7-5-11(8-15)17-13/h4-7H,8,15H2,1-3H3. The highest BCUT2D eigenvalue weighted by Gasteiger charge is 2.13. The van der Waals surface area contributed by atoms with E-state index in [0.717, 1.165) is 28.4 Å². The Hall–Kier alpha value is -1.74. The van der Waals surface area contributed by atoms with Crippen molar-refractivity contribution in [1.82, 2.24) is 0 Å². The summed E-state index contributed by atoms with van der Waals surface area (Å²) in [6.45, 7) is 4.52. The first-order valence-corrected chi connectivity index (χ1v) is 5.60. The van der Waals surface area contributed by atoms with Crippen LogP contribution < -0.4 is 10.5 Å². The number of aryl methyl sites for hydroxylation is 1. The Morgan fingerprint density at radius 2 is 1.94 bits per heavy atom. The molecular weight excluding hydrogens is 214 g/mol. The van der Waals surface area contributed by atoms with Crippen LogP contribution in [-0.4, -0.2) is 7.11 Å². The summed E-state index contributed by atoms with van der Waals surface area (Å²) in [7, 11) is 1.68. The molecule has 1 aromatic heterocycles. The van der Waals surface area contributed by atoms with E-state index in [1.54, 1.807) is 7.11 Å². The summed E-state index contributed by atoms with van der Waals surface area (Å²) in [6.07, 6.45) is 0. The van der Waals surface area contributed by atoms with Crippen LogP contribution in [-0.2, 0) is 6.54 Å². The molecule has 0 aliphatic heterocycles. The fourth-order valence-corrected chi connectivity index (χ4v) is 1.88. The quantitative estimate of drug-likeness (QED) is 0.883. The molecule has 3 nitrogen and oxygen atoms in total. The number of nitrogens with two attached hydrogens (primary N) is 1. The molecule has 0 aliphatic carbocycles. The molecule has 0 amide bonds. The lowest BCUT2D eigenvalue weighted by atomic mass is 10.0. The maximum absolute atomic E-state index is 5.65. The molecule has 0 saturated heterocycles. The Bertz CT molecular complexity index is 529. The van der Waals surface area contributed by atoms with Gasteiger partial charge in [0.1, 0.15) is 17.3 Å². The molecule has 0 fully saturated rings. The third-order valence-electron chi connectivity index (χ3n) is 3.01. The molecule has 2 N–H and O–H groups in total. The first kappa shape index (κ1) is 11.7. The third kappa shape index (κ3) is 2.06. The van der Waals surface area contributed by atoms with Crippen molar-refractivity contribution in [2.75, 3.05) is 7.11 Å². The zero-order valence-electron chi connectivity index (χ0n) is 10.4. The summed E-state index contributed by atoms with van der Waals surface area (Å²) in [4.78, 5) is 0. The third-order valence-corrected chi connectivity index (χ3v) is 3.01. The van der Waals surface area contributed by atoms with Crippen molar-refractivity contribution in [2.45, 2.75) is 20.4 Å². The minimum Gasteiger partial charge on any atom is -0.496 e. The van der Waals surface area contributed by atoms with E-state index >= 15 is 0 Å². The molecule has 0 aliphatic rings. The SMILES string of the molecule is COc1c(-c2ccc(CN)o2)ccc(C)c1C. The molecule has 1 aromatic carbocycles. The van der Waals surface area contributed by atoms with Crippen LogP contribution in [0.5, 0.6) is 5.75 Å². The highest BCUT2D eigenvalue weighted by molar-refractivity contribution is 5.69. The molecule has 1 heterocycles. The van der Waals surface area contributed by atoms with Crippen LogP contribution in [0.15, 0.2) is 28.7 Å². The minimum atomic E-state index is 0.410. The molecule has 0 saturated carbocycles. The first-order valence-electron chi connectivity index (χ1n) is 5.60. The highest BCUT2D eigenvalue weighted by Crippen LogP contribution is 2.35. The summed E-state index contributed by atoms with van der Waals surface area (Å²) in [5, 5.41) is 0. The maximum Gasteiger partial charge on any atom is 0.138 e. The van der Waals surface area contributed by atoms with Crippen LogP contribution in [0.3, 0.4) is 0 Å². The summed E-state index contributed by atoms with van der Waals surface area (Å²) < 4.78 is 11.1. The molecule has 0 bridgehead atoms. The van der Waals surface area contributed by atoms with E-state index < -0.39 is 0 Å². The van der Waals surface area contributed by atoms with Crippen LogP contribution in [0.1, 0.15) is 16.9 Å². The average Bonchev–Trinajstić information content (AvgIpc) is 2.81. The second-order valence-electron chi connectivity index (χ2n) is 4.06. The van der Waals surface area contributed by atoms with Crippen molar-refractivity contribution in [3.05, 3.63) is 41.2 Å². The summed E-state index contributed by atoms with van der Waals surface area (Å²) in [5.41, 5.74) is 8.85. The zero-order valence-corrected chi connectivity index (χ0v) is 10.4. The average molecular weight is 231 g/mol. The van der Waals surface area contributed by atoms with Crippen LogP contribution in [0.2, 0.25) is 0 Å². The monoisotopic (exact) mass is 231 g/mol. The number of furan rings is 1. The van der Waals surface area contributed by atoms with Gasteiger partial charge in [0, 0.05) is 0 Å². The Morgan fingerprint density at radius 1 is 1.18 bits per heavy atom. The Kier molecular flexibility index (Phi) is 3.20. The molecule has 2 rings (SSSR count). The zero-order chi connectivity index (χ0) is 12.4. The van der Waals surface area contributed by atoms with Gasteiger partial charge in [-0.1, -0.05) is 6.07 Å². The predicted molar refractivity (Wildman–Crippen MR) is 68.1 cm³/mol. The second kappa shape index (κ2) is 4.63. The topological polar surface area (TPSA) is 48.4 Å². The molecule has 0 unspecified atom stereocenters. The molecule has 0 radical (unpaired) electrons. The van der Waals surface area contributed by atoms with E-state index in [1.165, 1.54) is 5.56 Å². The van der Waals surface area contributed by atoms with E-state index in [9.17, 15) is 0 Å². The number of rotatable bonds is 3. The fourth-order valence-electron chi connectivity index (χ4n) is 1.88. The Morgan fingerprint density at radius 3 is 2.53 bits per heavy atom. The molecule has 2 aromatic rings. The van der Waals surface area contributed by atoms with Crippen LogP contribution in [0, 0.1) is 13.8 Å². The lowest BCUT2D eigenvalue weighted by Crippen LogP contribution is -1.94. The Balaban J connectivity index is 2.55. The van der Waals surface area contributed by atoms with E-state index in [1.807, 2.05) is 25.1 Å². The van der Waals surface area contributed by atoms with Crippen LogP contribution in [0.4, 0.5) is 0 Å². The summed E-state index contributed by atoms with van der Waals surface area (Å²) in [5.74, 6) is 2.44. The number of hydrogen-bond donors (Lipinski definition) is 1. The maximum atomic E-state index is 5.65. The van der Waals surface area contributed by atoms with Gasteiger partial charge in [-0.05, 0) is 43.2 Å². The summed E-state index contributed by atoms with van der Waals surface area (Å²) in [6, 6.07) is 7.90. The summed E-state index contributed by atoms with van der Waals surface area (Å²) >= 11 is 0. The molecule has 3 heteroatoms. The fraction of sp³-hybridized carbons (Fsp3) is 0.286. The van der Waals surface area contributed by atoms with E-state index in [2.05, 4.69) is 13.0 Å². The van der Waals surface area contributed by atoms with E-state index in [0.29, 0.717) is 6.54 Å². The highest BCUT2D eigenvalue weighted by atomic mass is 16.5. The number of methoxy groups -OCH3 is 1. The normalized spacial score (nSPS) is 10.6. The Labute approximate surface area is 101 Å². The van der Waals surface area contributed by atoms with Gasteiger partial charge in [-0.15, -0.1) is 0 Å². The van der Waals surface area contributed by atoms with Gasteiger partial charge < -0.3 is 14.9 Å². The molecule has 0 spiro atoms. The smallest absolute Gasteiger partial charge is 0.138 e. The predicted octanol–water partition coefficient (Wildman–Crippen LogP) is 3.03. The largest absolute Gasteiger partial charge is 0.496 e. The van der Waals surface area contributed by atoms with Crippen molar-refractivity contribution in [3.63, 3.8) is 0 Å². The van der Waals surface area contributed by atoms with Gasteiger partial charge in [0.2, 0.25) is 0 Å².